The molecule has 70 heavy (non-hydrogen) atoms. The number of carbonyl (C=O) groups excluding carboxylic acids is 3. The Bertz CT molecular complexity index is 1220. The van der Waals surface area contributed by atoms with Crippen molar-refractivity contribution < 1.29 is 28.6 Å². The number of hydrogen-bond donors (Lipinski definition) is 0. The van der Waals surface area contributed by atoms with Crippen LogP contribution in [-0.4, -0.2) is 37.2 Å². The lowest BCUT2D eigenvalue weighted by molar-refractivity contribution is -0.167. The second kappa shape index (κ2) is 58.9. The van der Waals surface area contributed by atoms with E-state index in [1.807, 2.05) is 0 Å². The third kappa shape index (κ3) is 56.3. The molecule has 0 aromatic carbocycles. The minimum atomic E-state index is -0.782. The van der Waals surface area contributed by atoms with Gasteiger partial charge in [-0.05, 0) is 96.3 Å². The van der Waals surface area contributed by atoms with Crippen LogP contribution in [0.25, 0.3) is 0 Å². The molecule has 6 nitrogen and oxygen atoms in total. The van der Waals surface area contributed by atoms with Gasteiger partial charge in [0.15, 0.2) is 6.10 Å². The van der Waals surface area contributed by atoms with E-state index in [1.54, 1.807) is 0 Å². The van der Waals surface area contributed by atoms with Crippen LogP contribution in [0.5, 0.6) is 0 Å². The predicted octanol–water partition coefficient (Wildman–Crippen LogP) is 20.6. The van der Waals surface area contributed by atoms with E-state index in [2.05, 4.69) is 69.4 Å². The maximum Gasteiger partial charge on any atom is 0.306 e. The van der Waals surface area contributed by atoms with Crippen LogP contribution in [0.3, 0.4) is 0 Å². The monoisotopic (exact) mass is 981 g/mol. The van der Waals surface area contributed by atoms with Gasteiger partial charge >= 0.3 is 17.9 Å². The van der Waals surface area contributed by atoms with Crippen molar-refractivity contribution in [1.29, 1.82) is 0 Å². The number of esters is 3. The van der Waals surface area contributed by atoms with Crippen molar-refractivity contribution in [2.75, 3.05) is 13.2 Å². The minimum absolute atomic E-state index is 0.0787. The standard InChI is InChI=1S/C64H116O6/c1-4-7-10-13-16-19-22-25-27-29-31-32-33-35-36-39-42-45-48-51-54-57-63(66)69-60-61(59-68-62(65)56-53-50-47-44-41-38-24-21-18-15-12-9-6-3)70-64(67)58-55-52-49-46-43-40-37-34-30-28-26-23-20-17-14-11-8-5-2/h12,15,21,24,28-31,61H,4-11,13-14,16-20,22-23,25-27,32-60H2,1-3H3/b15-12-,24-21-,30-28-,31-29-. The Hall–Kier alpha value is -2.63. The molecule has 0 amide bonds. The summed E-state index contributed by atoms with van der Waals surface area (Å²) in [7, 11) is 0. The number of allylic oxidation sites excluding steroid dienone is 8. The fourth-order valence-electron chi connectivity index (χ4n) is 8.88. The second-order valence-electron chi connectivity index (χ2n) is 20.6. The summed E-state index contributed by atoms with van der Waals surface area (Å²) in [6.07, 6.45) is 72.5. The molecule has 0 spiro atoms. The first-order valence-corrected chi connectivity index (χ1v) is 30.6. The topological polar surface area (TPSA) is 78.9 Å². The quantitative estimate of drug-likeness (QED) is 0.0261. The molecular weight excluding hydrogens is 865 g/mol. The van der Waals surface area contributed by atoms with E-state index in [9.17, 15) is 14.4 Å². The van der Waals surface area contributed by atoms with Crippen molar-refractivity contribution in [2.45, 2.75) is 329 Å². The van der Waals surface area contributed by atoms with Gasteiger partial charge in [-0.3, -0.25) is 14.4 Å². The third-order valence-electron chi connectivity index (χ3n) is 13.5. The smallest absolute Gasteiger partial charge is 0.306 e. The Kier molecular flexibility index (Phi) is 56.7. The Morgan fingerprint density at radius 2 is 0.543 bits per heavy atom. The fourth-order valence-corrected chi connectivity index (χ4v) is 8.88. The van der Waals surface area contributed by atoms with Crippen LogP contribution >= 0.6 is 0 Å². The van der Waals surface area contributed by atoms with Crippen LogP contribution < -0.4 is 0 Å². The Labute approximate surface area is 435 Å². The summed E-state index contributed by atoms with van der Waals surface area (Å²) in [4.78, 5) is 38.2. The lowest BCUT2D eigenvalue weighted by Crippen LogP contribution is -2.30. The van der Waals surface area contributed by atoms with E-state index in [-0.39, 0.29) is 31.1 Å². The van der Waals surface area contributed by atoms with Crippen molar-refractivity contribution in [1.82, 2.24) is 0 Å². The van der Waals surface area contributed by atoms with Crippen molar-refractivity contribution in [2.24, 2.45) is 0 Å². The van der Waals surface area contributed by atoms with Crippen LogP contribution in [0.4, 0.5) is 0 Å². The maximum absolute atomic E-state index is 12.9. The Morgan fingerprint density at radius 3 is 0.857 bits per heavy atom. The van der Waals surface area contributed by atoms with Crippen LogP contribution in [0.15, 0.2) is 48.6 Å². The Balaban J connectivity index is 4.33. The average Bonchev–Trinajstić information content (AvgIpc) is 3.36. The first-order chi connectivity index (χ1) is 34.5. The average molecular weight is 982 g/mol. The van der Waals surface area contributed by atoms with Crippen molar-refractivity contribution in [3.8, 4) is 0 Å². The lowest BCUT2D eigenvalue weighted by Gasteiger charge is -2.18. The largest absolute Gasteiger partial charge is 0.462 e. The van der Waals surface area contributed by atoms with Gasteiger partial charge < -0.3 is 14.2 Å². The molecule has 1 unspecified atom stereocenters. The Morgan fingerprint density at radius 1 is 0.286 bits per heavy atom. The molecule has 6 heteroatoms. The molecule has 0 aromatic heterocycles. The fraction of sp³-hybridized carbons (Fsp3) is 0.828. The highest BCUT2D eigenvalue weighted by Gasteiger charge is 2.19. The summed E-state index contributed by atoms with van der Waals surface area (Å²) >= 11 is 0. The van der Waals surface area contributed by atoms with Gasteiger partial charge in [0.05, 0.1) is 0 Å². The highest BCUT2D eigenvalue weighted by atomic mass is 16.6. The number of unbranched alkanes of at least 4 members (excludes halogenated alkanes) is 37. The summed E-state index contributed by atoms with van der Waals surface area (Å²) in [6, 6.07) is 0. The van der Waals surface area contributed by atoms with E-state index in [0.717, 1.165) is 83.5 Å². The molecule has 408 valence electrons. The number of rotatable bonds is 56. The van der Waals surface area contributed by atoms with E-state index in [1.165, 1.54) is 199 Å². The van der Waals surface area contributed by atoms with Crippen molar-refractivity contribution in [3.63, 3.8) is 0 Å². The molecule has 0 rings (SSSR count). The van der Waals surface area contributed by atoms with Gasteiger partial charge in [0.1, 0.15) is 13.2 Å². The molecule has 0 saturated carbocycles. The molecule has 0 aliphatic rings. The molecule has 0 heterocycles. The van der Waals surface area contributed by atoms with Crippen LogP contribution in [0.2, 0.25) is 0 Å². The molecular formula is C64H116O6. The molecule has 0 saturated heterocycles. The summed E-state index contributed by atoms with van der Waals surface area (Å²) in [5.41, 5.74) is 0. The highest BCUT2D eigenvalue weighted by Crippen LogP contribution is 2.16. The minimum Gasteiger partial charge on any atom is -0.462 e. The maximum atomic E-state index is 12.9. The zero-order valence-electron chi connectivity index (χ0n) is 46.8. The summed E-state index contributed by atoms with van der Waals surface area (Å²) < 4.78 is 16.9. The van der Waals surface area contributed by atoms with Gasteiger partial charge in [0.25, 0.3) is 0 Å². The van der Waals surface area contributed by atoms with Gasteiger partial charge in [-0.1, -0.05) is 256 Å². The van der Waals surface area contributed by atoms with E-state index < -0.39 is 6.10 Å². The summed E-state index contributed by atoms with van der Waals surface area (Å²) in [6.45, 7) is 6.60. The third-order valence-corrected chi connectivity index (χ3v) is 13.5. The molecule has 0 aliphatic heterocycles. The van der Waals surface area contributed by atoms with Crippen LogP contribution in [0.1, 0.15) is 323 Å². The van der Waals surface area contributed by atoms with Gasteiger partial charge in [-0.25, -0.2) is 0 Å². The molecule has 0 bridgehead atoms. The van der Waals surface area contributed by atoms with Crippen molar-refractivity contribution in [3.05, 3.63) is 48.6 Å². The van der Waals surface area contributed by atoms with E-state index in [0.29, 0.717) is 19.3 Å². The molecule has 0 fully saturated rings. The zero-order valence-corrected chi connectivity index (χ0v) is 46.8. The van der Waals surface area contributed by atoms with Gasteiger partial charge in [-0.15, -0.1) is 0 Å². The second-order valence-corrected chi connectivity index (χ2v) is 20.6. The molecule has 0 aliphatic carbocycles. The number of carbonyl (C=O) groups is 3. The normalized spacial score (nSPS) is 12.3. The highest BCUT2D eigenvalue weighted by molar-refractivity contribution is 5.71. The van der Waals surface area contributed by atoms with Crippen LogP contribution in [0, 0.1) is 0 Å². The predicted molar refractivity (Wildman–Crippen MR) is 302 cm³/mol. The summed E-state index contributed by atoms with van der Waals surface area (Å²) in [5, 5.41) is 0. The number of hydrogen-bond acceptors (Lipinski definition) is 6. The molecule has 0 radical (unpaired) electrons. The van der Waals surface area contributed by atoms with Gasteiger partial charge in [0, 0.05) is 19.3 Å². The summed E-state index contributed by atoms with van der Waals surface area (Å²) in [5.74, 6) is -0.884. The van der Waals surface area contributed by atoms with E-state index >= 15 is 0 Å². The van der Waals surface area contributed by atoms with Gasteiger partial charge in [-0.2, -0.15) is 0 Å². The lowest BCUT2D eigenvalue weighted by atomic mass is 10.1. The van der Waals surface area contributed by atoms with Crippen LogP contribution in [-0.2, 0) is 28.6 Å². The first-order valence-electron chi connectivity index (χ1n) is 30.6. The molecule has 0 N–H and O–H groups in total. The molecule has 0 aromatic rings. The number of ether oxygens (including phenoxy) is 3. The molecule has 1 atom stereocenters. The SMILES string of the molecule is CCC/C=C\C/C=C\CCCCCCCC(=O)OCC(COC(=O)CCCCCCCCCCC/C=C\CCCCCCCCCC)OC(=O)CCCCCCCCC/C=C\CCCCCCCCC. The van der Waals surface area contributed by atoms with E-state index in [4.69, 9.17) is 14.2 Å². The first kappa shape index (κ1) is 67.4. The van der Waals surface area contributed by atoms with Gasteiger partial charge in [0.2, 0.25) is 0 Å². The van der Waals surface area contributed by atoms with Crippen molar-refractivity contribution >= 4 is 17.9 Å². The zero-order chi connectivity index (χ0) is 50.7.